The minimum Gasteiger partial charge on any atom is -0.306 e. The summed E-state index contributed by atoms with van der Waals surface area (Å²) in [5, 5.41) is 9.76. The first-order valence-corrected chi connectivity index (χ1v) is 6.91. The normalized spacial score (nSPS) is 10.9. The third kappa shape index (κ3) is 2.93. The minimum atomic E-state index is 0.864. The molecule has 0 aromatic carbocycles. The van der Waals surface area contributed by atoms with Crippen LogP contribution in [0.4, 0.5) is 0 Å². The van der Waals surface area contributed by atoms with E-state index in [1.165, 1.54) is 10.6 Å². The standard InChI is InChI=1S/C11H14BrN3S/c1-2-15-10(3-4-14-15)6-13-7-11-5-9(12)8-16-11/h3-5,8,13H,2,6-7H2,1H3. The van der Waals surface area contributed by atoms with Gasteiger partial charge in [-0.25, -0.2) is 0 Å². The Balaban J connectivity index is 1.84. The van der Waals surface area contributed by atoms with Gasteiger partial charge in [-0.15, -0.1) is 11.3 Å². The zero-order valence-electron chi connectivity index (χ0n) is 9.11. The van der Waals surface area contributed by atoms with E-state index in [9.17, 15) is 0 Å². The summed E-state index contributed by atoms with van der Waals surface area (Å²) in [6.07, 6.45) is 1.85. The number of aromatic nitrogens is 2. The fourth-order valence-corrected chi connectivity index (χ4v) is 2.98. The van der Waals surface area contributed by atoms with Gasteiger partial charge in [-0.3, -0.25) is 4.68 Å². The topological polar surface area (TPSA) is 29.9 Å². The van der Waals surface area contributed by atoms with E-state index in [1.807, 2.05) is 10.9 Å². The lowest BCUT2D eigenvalue weighted by Gasteiger charge is -2.05. The number of hydrogen-bond acceptors (Lipinski definition) is 3. The molecule has 2 aromatic heterocycles. The molecule has 86 valence electrons. The van der Waals surface area contributed by atoms with Crippen LogP contribution in [0.3, 0.4) is 0 Å². The SMILES string of the molecule is CCn1nccc1CNCc1cc(Br)cs1. The third-order valence-corrected chi connectivity index (χ3v) is 4.03. The average Bonchev–Trinajstić information content (AvgIpc) is 2.87. The molecule has 16 heavy (non-hydrogen) atoms. The van der Waals surface area contributed by atoms with Gasteiger partial charge in [0.15, 0.2) is 0 Å². The first-order chi connectivity index (χ1) is 7.79. The van der Waals surface area contributed by atoms with Crippen LogP contribution in [0.5, 0.6) is 0 Å². The van der Waals surface area contributed by atoms with Gasteiger partial charge in [-0.2, -0.15) is 5.10 Å². The molecule has 0 amide bonds. The maximum absolute atomic E-state index is 4.24. The van der Waals surface area contributed by atoms with Gasteiger partial charge < -0.3 is 5.32 Å². The number of nitrogens with one attached hydrogen (secondary N) is 1. The average molecular weight is 300 g/mol. The van der Waals surface area contributed by atoms with E-state index in [2.05, 4.69) is 50.8 Å². The van der Waals surface area contributed by atoms with Gasteiger partial charge in [-0.05, 0) is 35.0 Å². The van der Waals surface area contributed by atoms with E-state index in [4.69, 9.17) is 0 Å². The van der Waals surface area contributed by atoms with Gasteiger partial charge >= 0.3 is 0 Å². The lowest BCUT2D eigenvalue weighted by Crippen LogP contribution is -2.15. The predicted octanol–water partition coefficient (Wildman–Crippen LogP) is 3.02. The van der Waals surface area contributed by atoms with Gasteiger partial charge in [0.05, 0.1) is 5.69 Å². The lowest BCUT2D eigenvalue weighted by molar-refractivity contribution is 0.583. The summed E-state index contributed by atoms with van der Waals surface area (Å²) in [6.45, 7) is 4.80. The molecule has 0 aliphatic heterocycles. The van der Waals surface area contributed by atoms with Gasteiger partial charge in [0.25, 0.3) is 0 Å². The summed E-state index contributed by atoms with van der Waals surface area (Å²) in [4.78, 5) is 1.34. The maximum Gasteiger partial charge on any atom is 0.0522 e. The van der Waals surface area contributed by atoms with Crippen LogP contribution >= 0.6 is 27.3 Å². The number of halogens is 1. The Morgan fingerprint density at radius 3 is 3.06 bits per heavy atom. The van der Waals surface area contributed by atoms with Crippen LogP contribution in [0.2, 0.25) is 0 Å². The molecule has 5 heteroatoms. The van der Waals surface area contributed by atoms with E-state index in [0.717, 1.165) is 24.1 Å². The van der Waals surface area contributed by atoms with E-state index in [1.54, 1.807) is 11.3 Å². The molecule has 0 spiro atoms. The van der Waals surface area contributed by atoms with Crippen LogP contribution in [0, 0.1) is 0 Å². The number of thiophene rings is 1. The van der Waals surface area contributed by atoms with Gasteiger partial charge in [-0.1, -0.05) is 0 Å². The molecule has 0 saturated carbocycles. The van der Waals surface area contributed by atoms with Crippen LogP contribution < -0.4 is 5.32 Å². The third-order valence-electron chi connectivity index (χ3n) is 2.33. The summed E-state index contributed by atoms with van der Waals surface area (Å²) in [7, 11) is 0. The number of rotatable bonds is 5. The molecular weight excluding hydrogens is 286 g/mol. The molecule has 0 bridgehead atoms. The highest BCUT2D eigenvalue weighted by molar-refractivity contribution is 9.10. The Morgan fingerprint density at radius 2 is 2.38 bits per heavy atom. The fraction of sp³-hybridized carbons (Fsp3) is 0.364. The van der Waals surface area contributed by atoms with E-state index < -0.39 is 0 Å². The molecule has 3 nitrogen and oxygen atoms in total. The molecule has 2 rings (SSSR count). The second-order valence-electron chi connectivity index (χ2n) is 3.47. The predicted molar refractivity (Wildman–Crippen MR) is 70.5 cm³/mol. The molecule has 0 radical (unpaired) electrons. The molecule has 1 N–H and O–H groups in total. The molecule has 2 heterocycles. The highest BCUT2D eigenvalue weighted by atomic mass is 79.9. The first-order valence-electron chi connectivity index (χ1n) is 5.24. The van der Waals surface area contributed by atoms with Crippen molar-refractivity contribution in [3.63, 3.8) is 0 Å². The molecule has 0 atom stereocenters. The van der Waals surface area contributed by atoms with Crippen molar-refractivity contribution in [2.75, 3.05) is 0 Å². The van der Waals surface area contributed by atoms with Gasteiger partial charge in [0, 0.05) is 40.6 Å². The van der Waals surface area contributed by atoms with E-state index >= 15 is 0 Å². The van der Waals surface area contributed by atoms with Crippen LogP contribution in [0.15, 0.2) is 28.2 Å². The largest absolute Gasteiger partial charge is 0.306 e. The maximum atomic E-state index is 4.24. The Bertz CT molecular complexity index is 450. The highest BCUT2D eigenvalue weighted by Crippen LogP contribution is 2.19. The molecular formula is C11H14BrN3S. The summed E-state index contributed by atoms with van der Waals surface area (Å²) < 4.78 is 3.17. The van der Waals surface area contributed by atoms with Crippen molar-refractivity contribution >= 4 is 27.3 Å². The van der Waals surface area contributed by atoms with Crippen molar-refractivity contribution < 1.29 is 0 Å². The van der Waals surface area contributed by atoms with Crippen molar-refractivity contribution in [3.8, 4) is 0 Å². The molecule has 0 aliphatic rings. The second kappa shape index (κ2) is 5.61. The highest BCUT2D eigenvalue weighted by Gasteiger charge is 2.01. The van der Waals surface area contributed by atoms with Crippen molar-refractivity contribution in [1.82, 2.24) is 15.1 Å². The van der Waals surface area contributed by atoms with Crippen LogP contribution in [0.25, 0.3) is 0 Å². The van der Waals surface area contributed by atoms with Crippen LogP contribution in [0.1, 0.15) is 17.5 Å². The van der Waals surface area contributed by atoms with E-state index in [0.29, 0.717) is 0 Å². The number of aryl methyl sites for hydroxylation is 1. The molecule has 0 aliphatic carbocycles. The van der Waals surface area contributed by atoms with E-state index in [-0.39, 0.29) is 0 Å². The fourth-order valence-electron chi connectivity index (χ4n) is 1.56. The Labute approximate surface area is 108 Å². The Morgan fingerprint density at radius 1 is 1.50 bits per heavy atom. The van der Waals surface area contributed by atoms with Crippen molar-refractivity contribution in [2.24, 2.45) is 0 Å². The van der Waals surface area contributed by atoms with Crippen molar-refractivity contribution in [3.05, 3.63) is 38.8 Å². The molecule has 0 saturated heterocycles. The zero-order valence-corrected chi connectivity index (χ0v) is 11.5. The summed E-state index contributed by atoms with van der Waals surface area (Å²) >= 11 is 5.22. The molecule has 2 aromatic rings. The monoisotopic (exact) mass is 299 g/mol. The zero-order chi connectivity index (χ0) is 11.4. The summed E-state index contributed by atoms with van der Waals surface area (Å²) in [5.41, 5.74) is 1.23. The minimum absolute atomic E-state index is 0.864. The summed E-state index contributed by atoms with van der Waals surface area (Å²) in [6, 6.07) is 4.20. The Hall–Kier alpha value is -0.650. The van der Waals surface area contributed by atoms with Crippen LogP contribution in [-0.4, -0.2) is 9.78 Å². The first kappa shape index (κ1) is 11.8. The molecule has 0 unspecified atom stereocenters. The Kier molecular flexibility index (Phi) is 4.15. The number of nitrogens with zero attached hydrogens (tertiary/aromatic N) is 2. The summed E-state index contributed by atoms with van der Waals surface area (Å²) in [5.74, 6) is 0. The molecule has 0 fully saturated rings. The smallest absolute Gasteiger partial charge is 0.0522 e. The van der Waals surface area contributed by atoms with Gasteiger partial charge in [0.1, 0.15) is 0 Å². The van der Waals surface area contributed by atoms with Crippen molar-refractivity contribution in [2.45, 2.75) is 26.6 Å². The van der Waals surface area contributed by atoms with Crippen molar-refractivity contribution in [1.29, 1.82) is 0 Å². The van der Waals surface area contributed by atoms with Gasteiger partial charge in [0.2, 0.25) is 0 Å². The number of hydrogen-bond donors (Lipinski definition) is 1. The lowest BCUT2D eigenvalue weighted by atomic mass is 10.4. The second-order valence-corrected chi connectivity index (χ2v) is 5.38. The van der Waals surface area contributed by atoms with Crippen LogP contribution in [-0.2, 0) is 19.6 Å². The quantitative estimate of drug-likeness (QED) is 0.920.